The first-order valence-electron chi connectivity index (χ1n) is 7.92. The Balaban J connectivity index is 2.05. The Hall–Kier alpha value is -2.56. The molecule has 1 aliphatic rings. The number of carbonyl (C=O) groups excluding carboxylic acids is 2. The number of allylic oxidation sites excluding steroid dienone is 2. The van der Waals surface area contributed by atoms with Gasteiger partial charge >= 0.3 is 12.1 Å². The fourth-order valence-electron chi connectivity index (χ4n) is 2.20. The van der Waals surface area contributed by atoms with Gasteiger partial charge in [-0.15, -0.1) is 0 Å². The first-order chi connectivity index (χ1) is 11.3. The van der Waals surface area contributed by atoms with Crippen LogP contribution in [0.4, 0.5) is 4.79 Å². The van der Waals surface area contributed by atoms with Crippen LogP contribution in [0.3, 0.4) is 0 Å². The minimum Gasteiger partial charge on any atom is -0.452 e. The summed E-state index contributed by atoms with van der Waals surface area (Å²) in [6.45, 7) is 5.31. The van der Waals surface area contributed by atoms with Crippen molar-refractivity contribution in [2.45, 2.75) is 44.9 Å². The van der Waals surface area contributed by atoms with Gasteiger partial charge in [-0.1, -0.05) is 42.5 Å². The van der Waals surface area contributed by atoms with Crippen molar-refractivity contribution in [3.8, 4) is 0 Å². The molecule has 0 saturated heterocycles. The van der Waals surface area contributed by atoms with Gasteiger partial charge in [0.15, 0.2) is 0 Å². The molecule has 0 aromatic heterocycles. The minimum absolute atomic E-state index is 0.332. The molecule has 2 rings (SSSR count). The number of hydrogen-bond acceptors (Lipinski definition) is 4. The van der Waals surface area contributed by atoms with Gasteiger partial charge in [0.1, 0.15) is 17.7 Å². The number of benzene rings is 1. The molecule has 0 spiro atoms. The Morgan fingerprint density at radius 2 is 1.75 bits per heavy atom. The van der Waals surface area contributed by atoms with Crippen LogP contribution in [-0.2, 0) is 20.7 Å². The van der Waals surface area contributed by atoms with Crippen LogP contribution < -0.4 is 5.32 Å². The van der Waals surface area contributed by atoms with E-state index in [9.17, 15) is 9.59 Å². The lowest BCUT2D eigenvalue weighted by Crippen LogP contribution is -2.46. The predicted octanol–water partition coefficient (Wildman–Crippen LogP) is 3.16. The maximum Gasteiger partial charge on any atom is 0.408 e. The van der Waals surface area contributed by atoms with Gasteiger partial charge in [0.05, 0.1) is 0 Å². The van der Waals surface area contributed by atoms with Crippen molar-refractivity contribution in [3.63, 3.8) is 0 Å². The third kappa shape index (κ3) is 5.91. The zero-order valence-corrected chi connectivity index (χ0v) is 14.2. The fourth-order valence-corrected chi connectivity index (χ4v) is 2.20. The van der Waals surface area contributed by atoms with Crippen LogP contribution in [0.25, 0.3) is 0 Å². The summed E-state index contributed by atoms with van der Waals surface area (Å²) in [5.41, 5.74) is 0.287. The molecule has 0 unspecified atom stereocenters. The lowest BCUT2D eigenvalue weighted by molar-refractivity contribution is -0.147. The third-order valence-electron chi connectivity index (χ3n) is 3.22. The fraction of sp³-hybridized carbons (Fsp3) is 0.368. The predicted molar refractivity (Wildman–Crippen MR) is 91.5 cm³/mol. The molecular formula is C19H23NO4. The summed E-state index contributed by atoms with van der Waals surface area (Å²) in [6.07, 6.45) is 6.46. The van der Waals surface area contributed by atoms with E-state index in [1.807, 2.05) is 42.5 Å². The zero-order chi connectivity index (χ0) is 17.6. The summed E-state index contributed by atoms with van der Waals surface area (Å²) >= 11 is 0. The van der Waals surface area contributed by atoms with E-state index in [0.717, 1.165) is 5.56 Å². The molecule has 24 heavy (non-hydrogen) atoms. The number of ether oxygens (including phenoxy) is 2. The summed E-state index contributed by atoms with van der Waals surface area (Å²) < 4.78 is 10.6. The summed E-state index contributed by atoms with van der Waals surface area (Å²) in [4.78, 5) is 24.5. The second-order valence-electron chi connectivity index (χ2n) is 6.56. The number of nitrogens with one attached hydrogen (secondary N) is 1. The molecule has 1 aromatic carbocycles. The Labute approximate surface area is 142 Å². The summed E-state index contributed by atoms with van der Waals surface area (Å²) in [5.74, 6) is -0.495. The Bertz CT molecular complexity index is 617. The third-order valence-corrected chi connectivity index (χ3v) is 3.22. The average Bonchev–Trinajstić information content (AvgIpc) is 2.98. The standard InChI is InChI=1S/C19H23NO4/c1-19(2,3)24-18(22)20-16(13-14-9-5-4-6-10-14)17(21)23-15-11-7-8-12-15/h4-12,15-16H,13H2,1-3H3,(H,20,22)/t16-/m0/s1. The van der Waals surface area contributed by atoms with Crippen molar-refractivity contribution < 1.29 is 19.1 Å². The quantitative estimate of drug-likeness (QED) is 0.843. The highest BCUT2D eigenvalue weighted by Gasteiger charge is 2.27. The number of alkyl carbamates (subject to hydrolysis) is 1. The van der Waals surface area contributed by atoms with Crippen molar-refractivity contribution in [1.29, 1.82) is 0 Å². The maximum absolute atomic E-state index is 12.4. The van der Waals surface area contributed by atoms with Crippen LogP contribution in [-0.4, -0.2) is 29.8 Å². The van der Waals surface area contributed by atoms with Gasteiger partial charge in [0.2, 0.25) is 0 Å². The van der Waals surface area contributed by atoms with Crippen LogP contribution >= 0.6 is 0 Å². The molecule has 1 amide bonds. The SMILES string of the molecule is CC(C)(C)OC(=O)N[C@@H](Cc1ccccc1)C(=O)OC1C=CC=C1. The first-order valence-corrected chi connectivity index (χ1v) is 7.92. The number of rotatable bonds is 5. The largest absolute Gasteiger partial charge is 0.452 e. The highest BCUT2D eigenvalue weighted by molar-refractivity contribution is 5.82. The van der Waals surface area contributed by atoms with E-state index in [-0.39, 0.29) is 0 Å². The van der Waals surface area contributed by atoms with Crippen molar-refractivity contribution in [3.05, 3.63) is 60.2 Å². The lowest BCUT2D eigenvalue weighted by atomic mass is 10.1. The molecular weight excluding hydrogens is 306 g/mol. The van der Waals surface area contributed by atoms with Crippen LogP contribution in [0.1, 0.15) is 26.3 Å². The second-order valence-corrected chi connectivity index (χ2v) is 6.56. The van der Waals surface area contributed by atoms with Gasteiger partial charge in [-0.3, -0.25) is 0 Å². The number of carbonyl (C=O) groups is 2. The van der Waals surface area contributed by atoms with Crippen LogP contribution in [0, 0.1) is 0 Å². The zero-order valence-electron chi connectivity index (χ0n) is 14.2. The van der Waals surface area contributed by atoms with Gasteiger partial charge in [0, 0.05) is 6.42 Å². The van der Waals surface area contributed by atoms with Crippen LogP contribution in [0.5, 0.6) is 0 Å². The molecule has 5 heteroatoms. The summed E-state index contributed by atoms with van der Waals surface area (Å²) in [5, 5.41) is 2.61. The van der Waals surface area contributed by atoms with Gasteiger partial charge in [0.25, 0.3) is 0 Å². The Morgan fingerprint density at radius 1 is 1.12 bits per heavy atom. The topological polar surface area (TPSA) is 64.6 Å². The molecule has 1 aromatic rings. The Morgan fingerprint density at radius 3 is 2.33 bits per heavy atom. The van der Waals surface area contributed by atoms with E-state index in [1.165, 1.54) is 0 Å². The van der Waals surface area contributed by atoms with E-state index >= 15 is 0 Å². The molecule has 1 N–H and O–H groups in total. The number of hydrogen-bond donors (Lipinski definition) is 1. The molecule has 5 nitrogen and oxygen atoms in total. The van der Waals surface area contributed by atoms with Gasteiger partial charge in [-0.25, -0.2) is 9.59 Å². The van der Waals surface area contributed by atoms with E-state index < -0.39 is 29.8 Å². The average molecular weight is 329 g/mol. The molecule has 0 bridgehead atoms. The minimum atomic E-state index is -0.815. The lowest BCUT2D eigenvalue weighted by Gasteiger charge is -2.23. The highest BCUT2D eigenvalue weighted by Crippen LogP contribution is 2.11. The molecule has 0 saturated carbocycles. The smallest absolute Gasteiger partial charge is 0.408 e. The molecule has 0 aliphatic heterocycles. The molecule has 128 valence electrons. The maximum atomic E-state index is 12.4. The van der Waals surface area contributed by atoms with Crippen molar-refractivity contribution in [2.75, 3.05) is 0 Å². The van der Waals surface area contributed by atoms with Crippen molar-refractivity contribution in [1.82, 2.24) is 5.32 Å². The molecule has 0 heterocycles. The summed E-state index contributed by atoms with van der Waals surface area (Å²) in [7, 11) is 0. The molecule has 0 fully saturated rings. The molecule has 0 radical (unpaired) electrons. The monoisotopic (exact) mass is 329 g/mol. The van der Waals surface area contributed by atoms with Crippen LogP contribution in [0.15, 0.2) is 54.6 Å². The van der Waals surface area contributed by atoms with E-state index in [2.05, 4.69) is 5.32 Å². The van der Waals surface area contributed by atoms with Crippen molar-refractivity contribution in [2.24, 2.45) is 0 Å². The first kappa shape index (κ1) is 17.8. The Kier molecular flexibility index (Phi) is 5.79. The van der Waals surface area contributed by atoms with Crippen molar-refractivity contribution >= 4 is 12.1 Å². The number of esters is 1. The normalized spacial score (nSPS) is 15.1. The second kappa shape index (κ2) is 7.81. The van der Waals surface area contributed by atoms with E-state index in [0.29, 0.717) is 6.42 Å². The van der Waals surface area contributed by atoms with E-state index in [1.54, 1.807) is 32.9 Å². The van der Waals surface area contributed by atoms with Crippen LogP contribution in [0.2, 0.25) is 0 Å². The summed E-state index contributed by atoms with van der Waals surface area (Å²) in [6, 6.07) is 8.64. The van der Waals surface area contributed by atoms with Gasteiger partial charge in [-0.2, -0.15) is 0 Å². The highest BCUT2D eigenvalue weighted by atomic mass is 16.6. The van der Waals surface area contributed by atoms with E-state index in [4.69, 9.17) is 9.47 Å². The van der Waals surface area contributed by atoms with Gasteiger partial charge in [-0.05, 0) is 38.5 Å². The molecule has 1 aliphatic carbocycles. The number of amides is 1. The van der Waals surface area contributed by atoms with Gasteiger partial charge < -0.3 is 14.8 Å². The molecule has 1 atom stereocenters.